The van der Waals surface area contributed by atoms with Gasteiger partial charge in [-0.15, -0.1) is 0 Å². The predicted octanol–water partition coefficient (Wildman–Crippen LogP) is 2.95. The molecule has 0 spiro atoms. The van der Waals surface area contributed by atoms with E-state index in [0.29, 0.717) is 43.9 Å². The number of methoxy groups -OCH3 is 2. The van der Waals surface area contributed by atoms with E-state index in [1.165, 1.54) is 0 Å². The number of carbonyl (C=O) groups excluding carboxylic acids is 2. The second kappa shape index (κ2) is 14.2. The SMILES string of the molecule is COc1ccc(CCN(C)C(=O)C(Cc2ccccc2)NC(=O)CCCCCN)cc1OC. The number of likely N-dealkylation sites (N-methyl/N-ethyl adjacent to an activating group) is 1. The standard InChI is InChI=1S/C26H37N3O4/c1-29(17-15-21-13-14-23(32-2)24(19-21)33-3)26(31)22(18-20-10-6-4-7-11-20)28-25(30)12-8-5-9-16-27/h4,6-7,10-11,13-14,19,22H,5,8-9,12,15-18,27H2,1-3H3,(H,28,30). The van der Waals surface area contributed by atoms with Gasteiger partial charge in [0.25, 0.3) is 0 Å². The third kappa shape index (κ3) is 8.77. The zero-order valence-electron chi connectivity index (χ0n) is 20.0. The summed E-state index contributed by atoms with van der Waals surface area (Å²) in [5.41, 5.74) is 7.57. The van der Waals surface area contributed by atoms with E-state index in [1.807, 2.05) is 48.5 Å². The minimum Gasteiger partial charge on any atom is -0.493 e. The Morgan fingerprint density at radius 3 is 2.36 bits per heavy atom. The van der Waals surface area contributed by atoms with Crippen LogP contribution in [0.3, 0.4) is 0 Å². The number of rotatable bonds is 14. The van der Waals surface area contributed by atoms with E-state index in [9.17, 15) is 9.59 Å². The normalized spacial score (nSPS) is 11.5. The van der Waals surface area contributed by atoms with Crippen LogP contribution in [-0.4, -0.2) is 57.1 Å². The summed E-state index contributed by atoms with van der Waals surface area (Å²) >= 11 is 0. The largest absolute Gasteiger partial charge is 0.493 e. The second-order valence-corrected chi connectivity index (χ2v) is 8.11. The van der Waals surface area contributed by atoms with Gasteiger partial charge < -0.3 is 25.4 Å². The first kappa shape index (κ1) is 26.2. The number of benzene rings is 2. The molecule has 0 aliphatic carbocycles. The number of nitrogens with zero attached hydrogens (tertiary/aromatic N) is 1. The highest BCUT2D eigenvalue weighted by molar-refractivity contribution is 5.87. The summed E-state index contributed by atoms with van der Waals surface area (Å²) in [6.07, 6.45) is 4.09. The Balaban J connectivity index is 2.01. The van der Waals surface area contributed by atoms with Crippen molar-refractivity contribution < 1.29 is 19.1 Å². The van der Waals surface area contributed by atoms with Crippen LogP contribution in [0.4, 0.5) is 0 Å². The maximum absolute atomic E-state index is 13.3. The van der Waals surface area contributed by atoms with Crippen molar-refractivity contribution in [3.05, 3.63) is 59.7 Å². The molecule has 0 bridgehead atoms. The molecular weight excluding hydrogens is 418 g/mol. The minimum absolute atomic E-state index is 0.102. The first-order valence-corrected chi connectivity index (χ1v) is 11.5. The van der Waals surface area contributed by atoms with Crippen LogP contribution < -0.4 is 20.5 Å². The molecule has 7 nitrogen and oxygen atoms in total. The summed E-state index contributed by atoms with van der Waals surface area (Å²) in [7, 11) is 4.97. The van der Waals surface area contributed by atoms with Crippen LogP contribution in [-0.2, 0) is 22.4 Å². The van der Waals surface area contributed by atoms with Crippen LogP contribution in [0.1, 0.15) is 36.8 Å². The van der Waals surface area contributed by atoms with E-state index < -0.39 is 6.04 Å². The number of carbonyl (C=O) groups is 2. The molecule has 2 rings (SSSR count). The van der Waals surface area contributed by atoms with E-state index in [4.69, 9.17) is 15.2 Å². The molecule has 2 amide bonds. The molecule has 3 N–H and O–H groups in total. The molecule has 180 valence electrons. The molecule has 2 aromatic rings. The van der Waals surface area contributed by atoms with Gasteiger partial charge in [0, 0.05) is 26.4 Å². The molecule has 0 saturated carbocycles. The zero-order chi connectivity index (χ0) is 24.1. The van der Waals surface area contributed by atoms with Crippen LogP contribution in [0.15, 0.2) is 48.5 Å². The van der Waals surface area contributed by atoms with Crippen molar-refractivity contribution in [3.8, 4) is 11.5 Å². The maximum Gasteiger partial charge on any atom is 0.245 e. The molecule has 33 heavy (non-hydrogen) atoms. The predicted molar refractivity (Wildman–Crippen MR) is 130 cm³/mol. The second-order valence-electron chi connectivity index (χ2n) is 8.11. The Kier molecular flexibility index (Phi) is 11.2. The molecule has 1 unspecified atom stereocenters. The van der Waals surface area contributed by atoms with Crippen molar-refractivity contribution in [1.29, 1.82) is 0 Å². The molecule has 0 saturated heterocycles. The average Bonchev–Trinajstić information content (AvgIpc) is 2.84. The van der Waals surface area contributed by atoms with E-state index in [0.717, 1.165) is 30.4 Å². The first-order valence-electron chi connectivity index (χ1n) is 11.5. The van der Waals surface area contributed by atoms with Gasteiger partial charge in [-0.1, -0.05) is 42.8 Å². The molecule has 0 aliphatic rings. The summed E-state index contributed by atoms with van der Waals surface area (Å²) in [6.45, 7) is 1.15. The number of ether oxygens (including phenoxy) is 2. The van der Waals surface area contributed by atoms with Crippen LogP contribution in [0.2, 0.25) is 0 Å². The molecule has 7 heteroatoms. The molecule has 1 atom stereocenters. The van der Waals surface area contributed by atoms with Crippen molar-refractivity contribution in [2.24, 2.45) is 5.73 Å². The molecule has 0 aromatic heterocycles. The van der Waals surface area contributed by atoms with Gasteiger partial charge in [-0.05, 0) is 49.1 Å². The third-order valence-electron chi connectivity index (χ3n) is 5.58. The summed E-state index contributed by atoms with van der Waals surface area (Å²) in [5, 5.41) is 2.96. The van der Waals surface area contributed by atoms with Crippen molar-refractivity contribution in [2.45, 2.75) is 44.6 Å². The number of amides is 2. The van der Waals surface area contributed by atoms with Crippen LogP contribution in [0.5, 0.6) is 11.5 Å². The summed E-state index contributed by atoms with van der Waals surface area (Å²) in [5.74, 6) is 1.12. The highest BCUT2D eigenvalue weighted by atomic mass is 16.5. The highest BCUT2D eigenvalue weighted by Crippen LogP contribution is 2.27. The maximum atomic E-state index is 13.3. The fourth-order valence-electron chi connectivity index (χ4n) is 3.63. The summed E-state index contributed by atoms with van der Waals surface area (Å²) < 4.78 is 10.7. The topological polar surface area (TPSA) is 93.9 Å². The van der Waals surface area contributed by atoms with Crippen molar-refractivity contribution in [3.63, 3.8) is 0 Å². The van der Waals surface area contributed by atoms with Crippen molar-refractivity contribution in [1.82, 2.24) is 10.2 Å². The van der Waals surface area contributed by atoms with Crippen molar-refractivity contribution in [2.75, 3.05) is 34.4 Å². The lowest BCUT2D eigenvalue weighted by molar-refractivity contribution is -0.135. The molecular formula is C26H37N3O4. The fraction of sp³-hybridized carbons (Fsp3) is 0.462. The Bertz CT molecular complexity index is 873. The summed E-state index contributed by atoms with van der Waals surface area (Å²) in [4.78, 5) is 27.4. The van der Waals surface area contributed by atoms with E-state index in [-0.39, 0.29) is 11.8 Å². The molecule has 0 aliphatic heterocycles. The van der Waals surface area contributed by atoms with E-state index in [2.05, 4.69) is 5.32 Å². The number of unbranched alkanes of at least 4 members (excludes halogenated alkanes) is 2. The van der Waals surface area contributed by atoms with Gasteiger partial charge in [-0.25, -0.2) is 0 Å². The minimum atomic E-state index is -0.607. The molecule has 0 heterocycles. The van der Waals surface area contributed by atoms with Crippen LogP contribution in [0.25, 0.3) is 0 Å². The number of nitrogens with two attached hydrogens (primary N) is 1. The van der Waals surface area contributed by atoms with Gasteiger partial charge in [0.2, 0.25) is 11.8 Å². The smallest absolute Gasteiger partial charge is 0.245 e. The molecule has 0 fully saturated rings. The van der Waals surface area contributed by atoms with Gasteiger partial charge >= 0.3 is 0 Å². The third-order valence-corrected chi connectivity index (χ3v) is 5.58. The monoisotopic (exact) mass is 455 g/mol. The van der Waals surface area contributed by atoms with Crippen molar-refractivity contribution >= 4 is 11.8 Å². The first-order chi connectivity index (χ1) is 16.0. The van der Waals surface area contributed by atoms with Gasteiger partial charge in [0.15, 0.2) is 11.5 Å². The Hall–Kier alpha value is -3.06. The highest BCUT2D eigenvalue weighted by Gasteiger charge is 2.24. The zero-order valence-corrected chi connectivity index (χ0v) is 20.0. The van der Waals surface area contributed by atoms with Crippen LogP contribution in [0, 0.1) is 0 Å². The summed E-state index contributed by atoms with van der Waals surface area (Å²) in [6, 6.07) is 14.9. The van der Waals surface area contributed by atoms with Gasteiger partial charge in [0.05, 0.1) is 14.2 Å². The van der Waals surface area contributed by atoms with E-state index >= 15 is 0 Å². The average molecular weight is 456 g/mol. The Labute approximate surface area is 197 Å². The Morgan fingerprint density at radius 1 is 0.970 bits per heavy atom. The number of hydrogen-bond donors (Lipinski definition) is 2. The van der Waals surface area contributed by atoms with E-state index in [1.54, 1.807) is 26.2 Å². The Morgan fingerprint density at radius 2 is 1.70 bits per heavy atom. The quantitative estimate of drug-likeness (QED) is 0.427. The fourth-order valence-corrected chi connectivity index (χ4v) is 3.63. The van der Waals surface area contributed by atoms with Gasteiger partial charge in [0.1, 0.15) is 6.04 Å². The van der Waals surface area contributed by atoms with Crippen LogP contribution >= 0.6 is 0 Å². The lowest BCUT2D eigenvalue weighted by Crippen LogP contribution is -2.49. The lowest BCUT2D eigenvalue weighted by atomic mass is 10.0. The molecule has 2 aromatic carbocycles. The lowest BCUT2D eigenvalue weighted by Gasteiger charge is -2.25. The number of hydrogen-bond acceptors (Lipinski definition) is 5. The molecule has 0 radical (unpaired) electrons. The van der Waals surface area contributed by atoms with Gasteiger partial charge in [-0.2, -0.15) is 0 Å². The van der Waals surface area contributed by atoms with Gasteiger partial charge in [-0.3, -0.25) is 9.59 Å². The number of nitrogens with one attached hydrogen (secondary N) is 1.